The molecule has 3 rings (SSSR count). The van der Waals surface area contributed by atoms with Gasteiger partial charge >= 0.3 is 59.1 Å². The van der Waals surface area contributed by atoms with Crippen LogP contribution in [0.5, 0.6) is 5.75 Å². The normalized spacial score (nSPS) is 11.8. The predicted molar refractivity (Wildman–Crippen MR) is 97.2 cm³/mol. The van der Waals surface area contributed by atoms with Crippen molar-refractivity contribution in [1.29, 1.82) is 0 Å². The minimum absolute atomic E-state index is 0. The first-order valence-electron chi connectivity index (χ1n) is 7.36. The quantitative estimate of drug-likeness (QED) is 0.241. The van der Waals surface area contributed by atoms with E-state index in [4.69, 9.17) is 11.6 Å². The number of hydrogen-bond acceptors (Lipinski definition) is 9. The molecular formula is C16H9ClN2Na2O7S2. The van der Waals surface area contributed by atoms with Gasteiger partial charge < -0.3 is 14.2 Å². The third-order valence-electron chi connectivity index (χ3n) is 3.69. The molecule has 0 saturated heterocycles. The van der Waals surface area contributed by atoms with Crippen molar-refractivity contribution in [3.63, 3.8) is 0 Å². The van der Waals surface area contributed by atoms with Crippen LogP contribution in [-0.2, 0) is 20.2 Å². The molecule has 0 amide bonds. The molecule has 1 N–H and O–H groups in total. The molecule has 0 saturated carbocycles. The van der Waals surface area contributed by atoms with Crippen LogP contribution in [0.3, 0.4) is 0 Å². The summed E-state index contributed by atoms with van der Waals surface area (Å²) in [4.78, 5) is -1.59. The molecule has 0 atom stereocenters. The van der Waals surface area contributed by atoms with E-state index in [0.29, 0.717) is 0 Å². The molecule has 0 spiro atoms. The molecule has 0 aromatic heterocycles. The first-order chi connectivity index (χ1) is 13.0. The van der Waals surface area contributed by atoms with E-state index in [2.05, 4.69) is 10.2 Å². The number of rotatable bonds is 4. The number of hydrogen-bond donors (Lipinski definition) is 1. The van der Waals surface area contributed by atoms with Gasteiger partial charge in [-0.3, -0.25) is 0 Å². The fourth-order valence-corrected chi connectivity index (χ4v) is 3.73. The maximum atomic E-state index is 11.6. The van der Waals surface area contributed by atoms with Gasteiger partial charge in [-0.25, -0.2) is 16.8 Å². The predicted octanol–water partition coefficient (Wildman–Crippen LogP) is -2.57. The number of aromatic hydroxyl groups is 1. The average Bonchev–Trinajstić information content (AvgIpc) is 2.60. The van der Waals surface area contributed by atoms with E-state index in [9.17, 15) is 31.0 Å². The maximum Gasteiger partial charge on any atom is 1.00 e. The van der Waals surface area contributed by atoms with Gasteiger partial charge in [0, 0.05) is 5.39 Å². The third kappa shape index (κ3) is 6.02. The fourth-order valence-electron chi connectivity index (χ4n) is 2.41. The Balaban J connectivity index is 0.00000225. The van der Waals surface area contributed by atoms with Crippen LogP contribution in [-0.4, -0.2) is 31.0 Å². The maximum absolute atomic E-state index is 11.6. The van der Waals surface area contributed by atoms with Crippen molar-refractivity contribution in [1.82, 2.24) is 0 Å². The van der Waals surface area contributed by atoms with Gasteiger partial charge in [-0.15, -0.1) is 10.2 Å². The summed E-state index contributed by atoms with van der Waals surface area (Å²) >= 11 is 5.93. The Kier molecular flexibility index (Phi) is 9.49. The van der Waals surface area contributed by atoms with Crippen molar-refractivity contribution >= 4 is 54.0 Å². The van der Waals surface area contributed by atoms with Crippen molar-refractivity contribution in [2.24, 2.45) is 10.2 Å². The minimum Gasteiger partial charge on any atom is -0.744 e. The van der Waals surface area contributed by atoms with Crippen molar-refractivity contribution in [2.75, 3.05) is 0 Å². The molecule has 3 aromatic carbocycles. The minimum atomic E-state index is -5.13. The largest absolute Gasteiger partial charge is 1.00 e. The van der Waals surface area contributed by atoms with Crippen LogP contribution in [0.2, 0.25) is 5.02 Å². The van der Waals surface area contributed by atoms with Gasteiger partial charge in [0.1, 0.15) is 31.6 Å². The Morgan fingerprint density at radius 1 is 0.867 bits per heavy atom. The molecule has 0 fully saturated rings. The van der Waals surface area contributed by atoms with E-state index in [1.165, 1.54) is 12.1 Å². The number of azo groups is 1. The Hall–Kier alpha value is -0.570. The third-order valence-corrected chi connectivity index (χ3v) is 5.69. The topological polar surface area (TPSA) is 159 Å². The van der Waals surface area contributed by atoms with Gasteiger partial charge in [0.15, 0.2) is 5.75 Å². The smallest absolute Gasteiger partial charge is 0.744 e. The van der Waals surface area contributed by atoms with E-state index < -0.39 is 41.5 Å². The summed E-state index contributed by atoms with van der Waals surface area (Å²) < 4.78 is 68.4. The zero-order valence-corrected chi connectivity index (χ0v) is 22.0. The summed E-state index contributed by atoms with van der Waals surface area (Å²) in [5.74, 6) is -0.724. The van der Waals surface area contributed by atoms with Crippen molar-refractivity contribution in [2.45, 2.75) is 9.79 Å². The zero-order valence-electron chi connectivity index (χ0n) is 15.6. The Bertz CT molecular complexity index is 1350. The average molecular weight is 487 g/mol. The summed E-state index contributed by atoms with van der Waals surface area (Å²) in [6.07, 6.45) is 0. The molecule has 146 valence electrons. The van der Waals surface area contributed by atoms with Crippen LogP contribution in [0.25, 0.3) is 10.8 Å². The van der Waals surface area contributed by atoms with Crippen molar-refractivity contribution in [3.05, 3.63) is 53.6 Å². The van der Waals surface area contributed by atoms with E-state index in [1.807, 2.05) is 0 Å². The first-order valence-corrected chi connectivity index (χ1v) is 10.6. The standard InChI is InChI=1S/C16H11ClN2O7S2.2Na/c17-12-3-1-2-4-13(12)18-19-15-14(28(24,25)26)8-9-7-10(27(21,22)23)5-6-11(9)16(15)20;;/h1-8,20H,(H,21,22,23)(H,24,25,26);;/q;2*+1/p-2. The first kappa shape index (κ1) is 27.5. The van der Waals surface area contributed by atoms with Gasteiger partial charge in [0.25, 0.3) is 0 Å². The molecule has 3 aromatic rings. The Morgan fingerprint density at radius 3 is 2.07 bits per heavy atom. The molecule has 0 unspecified atom stereocenters. The zero-order chi connectivity index (χ0) is 20.7. The van der Waals surface area contributed by atoms with E-state index in [-0.39, 0.29) is 80.6 Å². The van der Waals surface area contributed by atoms with Crippen LogP contribution in [0.4, 0.5) is 11.4 Å². The number of benzene rings is 3. The van der Waals surface area contributed by atoms with Crippen LogP contribution in [0, 0.1) is 0 Å². The molecule has 0 aliphatic rings. The summed E-state index contributed by atoms with van der Waals surface area (Å²) in [6.45, 7) is 0. The molecular weight excluding hydrogens is 478 g/mol. The van der Waals surface area contributed by atoms with Gasteiger partial charge in [-0.1, -0.05) is 23.7 Å². The van der Waals surface area contributed by atoms with Crippen LogP contribution in [0.15, 0.2) is 68.6 Å². The van der Waals surface area contributed by atoms with Crippen LogP contribution >= 0.6 is 11.6 Å². The fraction of sp³-hybridized carbons (Fsp3) is 0. The van der Waals surface area contributed by atoms with Gasteiger partial charge in [0.05, 0.1) is 14.8 Å². The number of phenolic OH excluding ortho intramolecular Hbond substituents is 1. The summed E-state index contributed by atoms with van der Waals surface area (Å²) in [7, 11) is -9.97. The Morgan fingerprint density at radius 2 is 1.50 bits per heavy atom. The molecule has 0 bridgehead atoms. The summed E-state index contributed by atoms with van der Waals surface area (Å²) in [5, 5.41) is 17.8. The Labute approximate surface area is 221 Å². The number of phenols is 1. The van der Waals surface area contributed by atoms with Gasteiger partial charge in [0.2, 0.25) is 0 Å². The molecule has 0 heterocycles. The molecule has 0 aliphatic heterocycles. The SMILES string of the molecule is O=S(=O)([O-])c1ccc2c(O)c(N=Nc3ccccc3Cl)c(S(=O)(=O)[O-])cc2c1.[Na+].[Na+]. The number of fused-ring (bicyclic) bond motifs is 1. The second-order valence-corrected chi connectivity index (χ2v) is 8.65. The van der Waals surface area contributed by atoms with E-state index in [1.54, 1.807) is 12.1 Å². The number of halogens is 1. The molecule has 9 nitrogen and oxygen atoms in total. The number of nitrogens with zero attached hydrogens (tertiary/aromatic N) is 2. The van der Waals surface area contributed by atoms with Crippen molar-refractivity contribution in [3.8, 4) is 5.75 Å². The molecule has 0 aliphatic carbocycles. The van der Waals surface area contributed by atoms with E-state index in [0.717, 1.165) is 24.3 Å². The van der Waals surface area contributed by atoms with Gasteiger partial charge in [-0.05, 0) is 41.8 Å². The van der Waals surface area contributed by atoms with E-state index >= 15 is 0 Å². The molecule has 0 radical (unpaired) electrons. The second-order valence-electron chi connectivity index (χ2n) is 5.51. The molecule has 30 heavy (non-hydrogen) atoms. The van der Waals surface area contributed by atoms with Crippen LogP contribution < -0.4 is 59.1 Å². The van der Waals surface area contributed by atoms with Gasteiger partial charge in [-0.2, -0.15) is 0 Å². The summed E-state index contributed by atoms with van der Waals surface area (Å²) in [5.41, 5.74) is -0.481. The second kappa shape index (κ2) is 10.4. The van der Waals surface area contributed by atoms with Crippen LogP contribution in [0.1, 0.15) is 0 Å². The van der Waals surface area contributed by atoms with Crippen molar-refractivity contribution < 1.29 is 90.2 Å². The summed E-state index contributed by atoms with van der Waals surface area (Å²) in [6, 6.07) is 9.89. The monoisotopic (exact) mass is 486 g/mol. The molecule has 14 heteroatoms.